The number of benzene rings is 2. The van der Waals surface area contributed by atoms with E-state index in [1.54, 1.807) is 28.9 Å². The summed E-state index contributed by atoms with van der Waals surface area (Å²) >= 11 is 0. The first-order valence-corrected chi connectivity index (χ1v) is 11.4. The summed E-state index contributed by atoms with van der Waals surface area (Å²) in [6, 6.07) is 8.98. The second kappa shape index (κ2) is 11.7. The Bertz CT molecular complexity index is 1400. The summed E-state index contributed by atoms with van der Waals surface area (Å²) < 4.78 is 50.3. The van der Waals surface area contributed by atoms with Crippen molar-refractivity contribution in [2.24, 2.45) is 5.73 Å². The molecule has 0 aliphatic rings. The average molecular weight is 515 g/mol. The SMILES string of the molecule is Cc1cc(Nc2nccn3c(-c4ccc(OC(F)F)c(F)c4)cnc23)ccc1C(=O)NCCOCCN. The molecular weight excluding hydrogens is 489 g/mol. The monoisotopic (exact) mass is 514 g/mol. The van der Waals surface area contributed by atoms with Gasteiger partial charge in [-0.25, -0.2) is 14.4 Å². The lowest BCUT2D eigenvalue weighted by atomic mass is 10.1. The lowest BCUT2D eigenvalue weighted by Gasteiger charge is -2.12. The van der Waals surface area contributed by atoms with Crippen LogP contribution >= 0.6 is 0 Å². The third-order valence-electron chi connectivity index (χ3n) is 5.40. The number of nitrogens with two attached hydrogens (primary N) is 1. The highest BCUT2D eigenvalue weighted by molar-refractivity contribution is 5.96. The fraction of sp³-hybridized carbons (Fsp3) is 0.240. The lowest BCUT2D eigenvalue weighted by Crippen LogP contribution is -2.28. The van der Waals surface area contributed by atoms with Crippen molar-refractivity contribution in [2.75, 3.05) is 31.6 Å². The molecular formula is C25H25F3N6O3. The summed E-state index contributed by atoms with van der Waals surface area (Å²) in [7, 11) is 0. The van der Waals surface area contributed by atoms with Gasteiger partial charge in [-0.3, -0.25) is 9.20 Å². The van der Waals surface area contributed by atoms with E-state index in [4.69, 9.17) is 10.5 Å². The van der Waals surface area contributed by atoms with Crippen LogP contribution in [0.1, 0.15) is 15.9 Å². The van der Waals surface area contributed by atoms with Gasteiger partial charge in [-0.1, -0.05) is 0 Å². The molecule has 4 rings (SSSR count). The van der Waals surface area contributed by atoms with Gasteiger partial charge >= 0.3 is 6.61 Å². The van der Waals surface area contributed by atoms with Gasteiger partial charge in [0.05, 0.1) is 25.1 Å². The Kier molecular flexibility index (Phi) is 8.21. The van der Waals surface area contributed by atoms with Crippen LogP contribution in [-0.4, -0.2) is 53.2 Å². The molecule has 1 amide bonds. The maximum atomic E-state index is 14.3. The molecule has 37 heavy (non-hydrogen) atoms. The highest BCUT2D eigenvalue weighted by atomic mass is 19.3. The molecule has 0 aliphatic carbocycles. The fourth-order valence-corrected chi connectivity index (χ4v) is 3.72. The first-order chi connectivity index (χ1) is 17.9. The highest BCUT2D eigenvalue weighted by Gasteiger charge is 2.15. The van der Waals surface area contributed by atoms with Crippen LogP contribution in [0.5, 0.6) is 5.75 Å². The lowest BCUT2D eigenvalue weighted by molar-refractivity contribution is -0.0521. The van der Waals surface area contributed by atoms with Crippen molar-refractivity contribution in [3.8, 4) is 17.0 Å². The number of aromatic nitrogens is 3. The molecule has 4 aromatic rings. The molecule has 0 saturated heterocycles. The molecule has 2 aromatic heterocycles. The summed E-state index contributed by atoms with van der Waals surface area (Å²) in [4.78, 5) is 21.2. The number of hydrogen-bond donors (Lipinski definition) is 3. The number of carbonyl (C=O) groups is 1. The van der Waals surface area contributed by atoms with E-state index in [2.05, 4.69) is 25.3 Å². The van der Waals surface area contributed by atoms with Crippen molar-refractivity contribution in [3.05, 3.63) is 71.9 Å². The van der Waals surface area contributed by atoms with Gasteiger partial charge in [0.2, 0.25) is 0 Å². The zero-order valence-corrected chi connectivity index (χ0v) is 19.9. The number of nitrogens with one attached hydrogen (secondary N) is 2. The number of anilines is 2. The number of halogens is 3. The smallest absolute Gasteiger partial charge is 0.387 e. The maximum absolute atomic E-state index is 14.3. The van der Waals surface area contributed by atoms with Crippen molar-refractivity contribution in [1.82, 2.24) is 19.7 Å². The normalized spacial score (nSPS) is 11.2. The molecule has 0 saturated carbocycles. The summed E-state index contributed by atoms with van der Waals surface area (Å²) in [6.45, 7) is 0.316. The third-order valence-corrected chi connectivity index (χ3v) is 5.40. The van der Waals surface area contributed by atoms with E-state index in [1.165, 1.54) is 12.3 Å². The van der Waals surface area contributed by atoms with Gasteiger partial charge in [0.1, 0.15) is 0 Å². The van der Waals surface area contributed by atoms with Gasteiger partial charge in [-0.15, -0.1) is 0 Å². The molecule has 0 atom stereocenters. The van der Waals surface area contributed by atoms with Crippen LogP contribution in [0.2, 0.25) is 0 Å². The van der Waals surface area contributed by atoms with Crippen molar-refractivity contribution < 1.29 is 27.4 Å². The summed E-state index contributed by atoms with van der Waals surface area (Å²) in [5, 5.41) is 6.00. The number of ether oxygens (including phenoxy) is 2. The Morgan fingerprint density at radius 1 is 1.16 bits per heavy atom. The topological polar surface area (TPSA) is 116 Å². The number of imidazole rings is 1. The van der Waals surface area contributed by atoms with E-state index in [1.807, 2.05) is 13.0 Å². The molecule has 2 aromatic carbocycles. The van der Waals surface area contributed by atoms with Crippen LogP contribution in [0.3, 0.4) is 0 Å². The zero-order valence-electron chi connectivity index (χ0n) is 19.9. The van der Waals surface area contributed by atoms with Crippen LogP contribution in [0, 0.1) is 12.7 Å². The quantitative estimate of drug-likeness (QED) is 0.260. The molecule has 0 spiro atoms. The van der Waals surface area contributed by atoms with Crippen molar-refractivity contribution in [3.63, 3.8) is 0 Å². The van der Waals surface area contributed by atoms with Gasteiger partial charge in [0, 0.05) is 42.3 Å². The van der Waals surface area contributed by atoms with Crippen molar-refractivity contribution in [2.45, 2.75) is 13.5 Å². The molecule has 194 valence electrons. The minimum absolute atomic E-state index is 0.212. The molecule has 2 heterocycles. The van der Waals surface area contributed by atoms with Crippen molar-refractivity contribution >= 4 is 23.1 Å². The molecule has 0 bridgehead atoms. The van der Waals surface area contributed by atoms with Crippen LogP contribution in [0.25, 0.3) is 16.9 Å². The standard InChI is InChI=1S/C25H25F3N6O3/c1-15-12-17(3-4-18(15)24(35)31-8-11-36-10-6-29)33-22-23-32-14-20(34(23)9-7-30-22)16-2-5-21(19(26)13-16)37-25(27)28/h2-5,7,9,12-14,25H,6,8,10-11,29H2,1H3,(H,30,33)(H,31,35). The highest BCUT2D eigenvalue weighted by Crippen LogP contribution is 2.29. The molecule has 12 heteroatoms. The predicted molar refractivity (Wildman–Crippen MR) is 132 cm³/mol. The second-order valence-corrected chi connectivity index (χ2v) is 7.95. The van der Waals surface area contributed by atoms with Gasteiger partial charge in [-0.05, 0) is 48.9 Å². The van der Waals surface area contributed by atoms with E-state index >= 15 is 0 Å². The molecule has 0 radical (unpaired) electrons. The van der Waals surface area contributed by atoms with E-state index < -0.39 is 18.2 Å². The van der Waals surface area contributed by atoms with Crippen molar-refractivity contribution in [1.29, 1.82) is 0 Å². The molecule has 0 aliphatic heterocycles. The predicted octanol–water partition coefficient (Wildman–Crippen LogP) is 3.89. The van der Waals surface area contributed by atoms with Crippen LogP contribution in [0.4, 0.5) is 24.7 Å². The molecule has 0 unspecified atom stereocenters. The summed E-state index contributed by atoms with van der Waals surface area (Å²) in [6.07, 6.45) is 4.73. The first-order valence-electron chi connectivity index (χ1n) is 11.4. The first kappa shape index (κ1) is 25.9. The van der Waals surface area contributed by atoms with E-state index in [0.717, 1.165) is 17.7 Å². The van der Waals surface area contributed by atoms with E-state index in [0.29, 0.717) is 60.3 Å². The minimum atomic E-state index is -3.12. The number of carbonyl (C=O) groups excluding carboxylic acids is 1. The van der Waals surface area contributed by atoms with Gasteiger partial charge in [0.15, 0.2) is 23.0 Å². The van der Waals surface area contributed by atoms with Crippen LogP contribution in [0.15, 0.2) is 55.0 Å². The number of rotatable bonds is 11. The Morgan fingerprint density at radius 3 is 2.73 bits per heavy atom. The second-order valence-electron chi connectivity index (χ2n) is 7.95. The molecule has 4 N–H and O–H groups in total. The Morgan fingerprint density at radius 2 is 2.00 bits per heavy atom. The van der Waals surface area contributed by atoms with E-state index in [9.17, 15) is 18.0 Å². The van der Waals surface area contributed by atoms with Gasteiger partial charge in [0.25, 0.3) is 5.91 Å². The van der Waals surface area contributed by atoms with Gasteiger partial charge in [-0.2, -0.15) is 8.78 Å². The molecule has 9 nitrogen and oxygen atoms in total. The number of nitrogens with zero attached hydrogens (tertiary/aromatic N) is 3. The van der Waals surface area contributed by atoms with Gasteiger partial charge < -0.3 is 25.8 Å². The summed E-state index contributed by atoms with van der Waals surface area (Å²) in [5.41, 5.74) is 8.74. The average Bonchev–Trinajstić information content (AvgIpc) is 3.30. The number of amides is 1. The Balaban J connectivity index is 1.51. The zero-order chi connectivity index (χ0) is 26.4. The largest absolute Gasteiger partial charge is 0.432 e. The minimum Gasteiger partial charge on any atom is -0.432 e. The Labute approximate surface area is 210 Å². The number of alkyl halides is 2. The maximum Gasteiger partial charge on any atom is 0.387 e. The van der Waals surface area contributed by atoms with Crippen LogP contribution < -0.4 is 21.1 Å². The fourth-order valence-electron chi connectivity index (χ4n) is 3.72. The summed E-state index contributed by atoms with van der Waals surface area (Å²) in [5.74, 6) is -1.23. The van der Waals surface area contributed by atoms with E-state index in [-0.39, 0.29) is 5.91 Å². The Hall–Kier alpha value is -4.16. The molecule has 0 fully saturated rings. The number of aryl methyl sites for hydroxylation is 1. The third kappa shape index (κ3) is 6.16. The number of fused-ring (bicyclic) bond motifs is 1. The number of hydrogen-bond acceptors (Lipinski definition) is 7. The van der Waals surface area contributed by atoms with Crippen LogP contribution in [-0.2, 0) is 4.74 Å².